The van der Waals surface area contributed by atoms with Gasteiger partial charge in [-0.2, -0.15) is 0 Å². The van der Waals surface area contributed by atoms with Crippen LogP contribution in [0, 0.1) is 0 Å². The first-order chi connectivity index (χ1) is 25.3. The molecule has 0 saturated carbocycles. The Labute approximate surface area is 328 Å². The molecule has 4 rings (SSSR count). The Morgan fingerprint density at radius 3 is 1.06 bits per heavy atom. The van der Waals surface area contributed by atoms with E-state index >= 15 is 0 Å². The molecule has 4 aromatic carbocycles. The zero-order valence-corrected chi connectivity index (χ0v) is 32.8. The number of carbonyl (C=O) groups excluding carboxylic acids is 2. The quantitative estimate of drug-likeness (QED) is 0.0385. The molecule has 4 aromatic rings. The van der Waals surface area contributed by atoms with Crippen LogP contribution in [0.5, 0.6) is 11.5 Å². The van der Waals surface area contributed by atoms with Gasteiger partial charge in [-0.25, -0.2) is 0 Å². The molecule has 6 nitrogen and oxygen atoms in total. The number of rotatable bonds is 20. The van der Waals surface area contributed by atoms with Gasteiger partial charge in [-0.1, -0.05) is 62.4 Å². The molecular formula is C42H46Cl4N2O4. The van der Waals surface area contributed by atoms with E-state index in [1.165, 1.54) is 11.1 Å². The molecule has 0 saturated heterocycles. The Kier molecular flexibility index (Phi) is 17.2. The molecule has 10 heteroatoms. The molecule has 0 heterocycles. The summed E-state index contributed by atoms with van der Waals surface area (Å²) in [6.45, 7) is 7.07. The highest BCUT2D eigenvalue weighted by Gasteiger charge is 2.14. The number of hydrogen-bond donors (Lipinski definition) is 0. The summed E-state index contributed by atoms with van der Waals surface area (Å²) in [5.74, 6) is 2.37. The van der Waals surface area contributed by atoms with Gasteiger partial charge in [-0.15, -0.1) is 46.4 Å². The van der Waals surface area contributed by atoms with Crippen LogP contribution in [0.25, 0.3) is 11.1 Å². The number of ether oxygens (including phenoxy) is 2. The molecule has 0 aliphatic rings. The van der Waals surface area contributed by atoms with Crippen molar-refractivity contribution in [2.75, 3.05) is 59.5 Å². The molecule has 0 aliphatic heterocycles. The average Bonchev–Trinajstić information content (AvgIpc) is 3.15. The molecular weight excluding hydrogens is 738 g/mol. The highest BCUT2D eigenvalue weighted by atomic mass is 35.5. The highest BCUT2D eigenvalue weighted by molar-refractivity contribution is 6.19. The number of alkyl halides is 4. The summed E-state index contributed by atoms with van der Waals surface area (Å²) in [6, 6.07) is 30.9. The number of halogens is 4. The summed E-state index contributed by atoms with van der Waals surface area (Å²) in [5.41, 5.74) is 8.27. The Morgan fingerprint density at radius 1 is 0.481 bits per heavy atom. The van der Waals surface area contributed by atoms with Crippen LogP contribution in [0.4, 0.5) is 11.4 Å². The molecule has 0 atom stereocenters. The maximum absolute atomic E-state index is 12.8. The summed E-state index contributed by atoms with van der Waals surface area (Å²) in [7, 11) is 0. The molecule has 52 heavy (non-hydrogen) atoms. The number of anilines is 2. The van der Waals surface area contributed by atoms with Gasteiger partial charge in [0.1, 0.15) is 11.5 Å². The summed E-state index contributed by atoms with van der Waals surface area (Å²) in [4.78, 5) is 29.8. The van der Waals surface area contributed by atoms with Crippen LogP contribution in [-0.4, -0.2) is 61.6 Å². The van der Waals surface area contributed by atoms with E-state index in [0.717, 1.165) is 46.5 Å². The van der Waals surface area contributed by atoms with Gasteiger partial charge >= 0.3 is 11.9 Å². The van der Waals surface area contributed by atoms with Crippen LogP contribution in [0.2, 0.25) is 0 Å². The number of esters is 2. The molecule has 0 bridgehead atoms. The molecule has 0 N–H and O–H groups in total. The van der Waals surface area contributed by atoms with E-state index in [4.69, 9.17) is 55.9 Å². The minimum atomic E-state index is -0.328. The van der Waals surface area contributed by atoms with Gasteiger partial charge in [0.2, 0.25) is 0 Å². The second kappa shape index (κ2) is 21.8. The fourth-order valence-corrected chi connectivity index (χ4v) is 6.91. The minimum absolute atomic E-state index is 0.162. The van der Waals surface area contributed by atoms with Crippen LogP contribution in [0.15, 0.2) is 97.1 Å². The van der Waals surface area contributed by atoms with E-state index in [1.807, 2.05) is 97.1 Å². The van der Waals surface area contributed by atoms with Crippen molar-refractivity contribution in [1.82, 2.24) is 0 Å². The van der Waals surface area contributed by atoms with Crippen molar-refractivity contribution in [3.8, 4) is 11.5 Å². The van der Waals surface area contributed by atoms with E-state index in [-0.39, 0.29) is 24.8 Å². The largest absolute Gasteiger partial charge is 0.426 e. The average molecular weight is 785 g/mol. The van der Waals surface area contributed by atoms with Crippen molar-refractivity contribution in [2.24, 2.45) is 0 Å². The van der Waals surface area contributed by atoms with E-state index < -0.39 is 0 Å². The summed E-state index contributed by atoms with van der Waals surface area (Å²) < 4.78 is 11.4. The van der Waals surface area contributed by atoms with Crippen molar-refractivity contribution >= 4 is 80.9 Å². The van der Waals surface area contributed by atoms with Gasteiger partial charge in [0.25, 0.3) is 0 Å². The first-order valence-corrected chi connectivity index (χ1v) is 19.7. The number of carbonyl (C=O) groups is 2. The number of hydrogen-bond acceptors (Lipinski definition) is 6. The maximum atomic E-state index is 12.8. The van der Waals surface area contributed by atoms with Crippen LogP contribution in [-0.2, 0) is 22.4 Å². The Balaban J connectivity index is 1.35. The monoisotopic (exact) mass is 782 g/mol. The zero-order valence-electron chi connectivity index (χ0n) is 29.8. The van der Waals surface area contributed by atoms with Crippen molar-refractivity contribution in [1.29, 1.82) is 0 Å². The number of nitrogens with zero attached hydrogens (tertiary/aromatic N) is 2. The number of benzene rings is 4. The van der Waals surface area contributed by atoms with Crippen molar-refractivity contribution < 1.29 is 19.1 Å². The third-order valence-electron chi connectivity index (χ3n) is 8.66. The normalized spacial score (nSPS) is 11.5. The fourth-order valence-electron chi connectivity index (χ4n) is 6.10. The third kappa shape index (κ3) is 12.2. The zero-order chi connectivity index (χ0) is 37.3. The van der Waals surface area contributed by atoms with Crippen LogP contribution >= 0.6 is 46.4 Å². The third-order valence-corrected chi connectivity index (χ3v) is 9.33. The predicted octanol–water partition coefficient (Wildman–Crippen LogP) is 10.3. The van der Waals surface area contributed by atoms with Gasteiger partial charge in [-0.05, 0) is 94.8 Å². The lowest BCUT2D eigenvalue weighted by molar-refractivity contribution is -0.134. The molecule has 0 fully saturated rings. The highest BCUT2D eigenvalue weighted by Crippen LogP contribution is 2.33. The lowest BCUT2D eigenvalue weighted by atomic mass is 9.91. The molecule has 0 aliphatic carbocycles. The second-order valence-electron chi connectivity index (χ2n) is 12.1. The first kappa shape index (κ1) is 41.1. The molecule has 0 radical (unpaired) electrons. The van der Waals surface area contributed by atoms with E-state index in [9.17, 15) is 9.59 Å². The van der Waals surface area contributed by atoms with Gasteiger partial charge in [-0.3, -0.25) is 9.59 Å². The van der Waals surface area contributed by atoms with Gasteiger partial charge in [0.05, 0.1) is 12.8 Å². The molecule has 276 valence electrons. The SMILES string of the molecule is CCC(=C(CC)c1ccc(OC(=O)Cc2ccc(N(CCCl)CCCl)cc2)cc1)c1ccc(OC(=O)Cc2ccc(N(CCCl)CCCl)cc2)cc1. The summed E-state index contributed by atoms with van der Waals surface area (Å²) in [6.07, 6.45) is 1.96. The van der Waals surface area contributed by atoms with Crippen LogP contribution < -0.4 is 19.3 Å². The second-order valence-corrected chi connectivity index (χ2v) is 13.6. The lowest BCUT2D eigenvalue weighted by Crippen LogP contribution is -2.27. The van der Waals surface area contributed by atoms with E-state index in [2.05, 4.69) is 23.6 Å². The Bertz CT molecular complexity index is 1590. The predicted molar refractivity (Wildman–Crippen MR) is 219 cm³/mol. The van der Waals surface area contributed by atoms with Crippen LogP contribution in [0.3, 0.4) is 0 Å². The van der Waals surface area contributed by atoms with Crippen molar-refractivity contribution in [3.05, 3.63) is 119 Å². The topological polar surface area (TPSA) is 59.1 Å². The van der Waals surface area contributed by atoms with Gasteiger partial charge < -0.3 is 19.3 Å². The minimum Gasteiger partial charge on any atom is -0.426 e. The molecule has 0 unspecified atom stereocenters. The summed E-state index contributed by atoms with van der Waals surface area (Å²) in [5, 5.41) is 0. The Morgan fingerprint density at radius 2 is 0.788 bits per heavy atom. The standard InChI is InChI=1S/C42H46Cl4N2O4/c1-3-39(33-9-17-37(18-10-33)51-41(49)29-31-5-13-35(14-6-31)47(25-21-43)26-22-44)40(4-2)34-11-19-38(20-12-34)52-42(50)30-32-7-15-36(16-8-32)48(27-23-45)28-24-46/h5-20H,3-4,21-30H2,1-2H3. The summed E-state index contributed by atoms with van der Waals surface area (Å²) >= 11 is 23.7. The van der Waals surface area contributed by atoms with Crippen LogP contribution in [0.1, 0.15) is 48.9 Å². The van der Waals surface area contributed by atoms with E-state index in [1.54, 1.807) is 0 Å². The maximum Gasteiger partial charge on any atom is 0.315 e. The molecule has 0 aromatic heterocycles. The van der Waals surface area contributed by atoms with Crippen molar-refractivity contribution in [3.63, 3.8) is 0 Å². The van der Waals surface area contributed by atoms with Gasteiger partial charge in [0.15, 0.2) is 0 Å². The lowest BCUT2D eigenvalue weighted by Gasteiger charge is -2.23. The smallest absolute Gasteiger partial charge is 0.315 e. The number of allylic oxidation sites excluding steroid dienone is 2. The van der Waals surface area contributed by atoms with Gasteiger partial charge in [0, 0.05) is 61.1 Å². The molecule has 0 amide bonds. The fraction of sp³-hybridized carbons (Fsp3) is 0.333. The van der Waals surface area contributed by atoms with Crippen molar-refractivity contribution in [2.45, 2.75) is 39.5 Å². The van der Waals surface area contributed by atoms with E-state index in [0.29, 0.717) is 61.2 Å². The Hall–Kier alpha value is -3.68. The molecule has 0 spiro atoms. The first-order valence-electron chi connectivity index (χ1n) is 17.6.